The van der Waals surface area contributed by atoms with E-state index in [-0.39, 0.29) is 11.5 Å². The van der Waals surface area contributed by atoms with Crippen molar-refractivity contribution < 1.29 is 9.53 Å². The van der Waals surface area contributed by atoms with Crippen molar-refractivity contribution in [1.82, 2.24) is 0 Å². The first-order chi connectivity index (χ1) is 17.1. The van der Waals surface area contributed by atoms with Gasteiger partial charge in [-0.25, -0.2) is 0 Å². The summed E-state index contributed by atoms with van der Waals surface area (Å²) < 4.78 is 6.54. The Morgan fingerprint density at radius 1 is 0.771 bits per heavy atom. The van der Waals surface area contributed by atoms with Gasteiger partial charge in [0.25, 0.3) is 0 Å². The van der Waals surface area contributed by atoms with Crippen molar-refractivity contribution in [3.05, 3.63) is 82.4 Å². The topological polar surface area (TPSA) is 56.6 Å². The lowest BCUT2D eigenvalue weighted by molar-refractivity contribution is 0.106. The summed E-state index contributed by atoms with van der Waals surface area (Å²) in [6.45, 7) is 10.2. The van der Waals surface area contributed by atoms with Crippen LogP contribution < -0.4 is 14.5 Å². The van der Waals surface area contributed by atoms with Crippen molar-refractivity contribution in [3.63, 3.8) is 0 Å². The third-order valence-electron chi connectivity index (χ3n) is 7.83. The van der Waals surface area contributed by atoms with Crippen LogP contribution in [0.1, 0.15) is 59.3 Å². The predicted molar refractivity (Wildman–Crippen MR) is 141 cm³/mol. The molecule has 178 valence electrons. The summed E-state index contributed by atoms with van der Waals surface area (Å²) in [5.74, 6) is 1.31. The summed E-state index contributed by atoms with van der Waals surface area (Å²) >= 11 is 0. The average molecular weight is 466 g/mol. The van der Waals surface area contributed by atoms with Crippen LogP contribution in [0.25, 0.3) is 0 Å². The lowest BCUT2D eigenvalue weighted by Crippen LogP contribution is -2.40. The van der Waals surface area contributed by atoms with Gasteiger partial charge in [0.15, 0.2) is 0 Å². The summed E-state index contributed by atoms with van der Waals surface area (Å²) in [6, 6.07) is 18.6. The normalized spacial score (nSPS) is 18.5. The van der Waals surface area contributed by atoms with Crippen molar-refractivity contribution in [2.75, 3.05) is 36.0 Å². The molecule has 35 heavy (non-hydrogen) atoms. The molecule has 5 nitrogen and oxygen atoms in total. The minimum atomic E-state index is -0.940. The smallest absolute Gasteiger partial charge is 0.208 e. The van der Waals surface area contributed by atoms with Crippen molar-refractivity contribution in [3.8, 4) is 11.5 Å². The molecule has 3 aromatic carbocycles. The van der Waals surface area contributed by atoms with E-state index in [0.717, 1.165) is 71.3 Å². The zero-order valence-corrected chi connectivity index (χ0v) is 20.6. The van der Waals surface area contributed by atoms with Crippen LogP contribution in [-0.2, 0) is 5.41 Å². The SMILES string of the molecule is CC.Cc1ccc2c(c1)C(=O)C(=N)C21c2ccc(N3CCC3)cc2Oc2cc(N3CCC3)ccc21. The lowest BCUT2D eigenvalue weighted by Gasteiger charge is -2.40. The van der Waals surface area contributed by atoms with Gasteiger partial charge in [-0.2, -0.15) is 0 Å². The van der Waals surface area contributed by atoms with E-state index in [9.17, 15) is 4.79 Å². The maximum atomic E-state index is 13.4. The number of anilines is 2. The van der Waals surface area contributed by atoms with Gasteiger partial charge in [0.2, 0.25) is 5.78 Å². The van der Waals surface area contributed by atoms with E-state index < -0.39 is 5.41 Å². The van der Waals surface area contributed by atoms with Gasteiger partial charge in [0, 0.05) is 66.4 Å². The van der Waals surface area contributed by atoms with E-state index >= 15 is 0 Å². The van der Waals surface area contributed by atoms with Crippen LogP contribution >= 0.6 is 0 Å². The van der Waals surface area contributed by atoms with E-state index in [1.165, 1.54) is 12.8 Å². The molecule has 7 rings (SSSR count). The molecule has 3 aliphatic heterocycles. The number of nitrogens with one attached hydrogen (secondary N) is 1. The molecule has 0 bridgehead atoms. The fourth-order valence-corrected chi connectivity index (χ4v) is 5.79. The first kappa shape index (κ1) is 21.9. The van der Waals surface area contributed by atoms with Gasteiger partial charge in [-0.05, 0) is 43.5 Å². The highest BCUT2D eigenvalue weighted by Gasteiger charge is 2.55. The molecular formula is C30H31N3O2. The third-order valence-corrected chi connectivity index (χ3v) is 7.83. The maximum Gasteiger partial charge on any atom is 0.208 e. The number of nitrogens with zero attached hydrogens (tertiary/aromatic N) is 2. The molecule has 2 fully saturated rings. The predicted octanol–water partition coefficient (Wildman–Crippen LogP) is 6.10. The number of carbonyl (C=O) groups excluding carboxylic acids is 1. The Balaban J connectivity index is 0.00000112. The highest BCUT2D eigenvalue weighted by molar-refractivity contribution is 6.53. The molecule has 2 saturated heterocycles. The second kappa shape index (κ2) is 7.98. The summed E-state index contributed by atoms with van der Waals surface area (Å²) in [5, 5.41) is 9.16. The largest absolute Gasteiger partial charge is 0.457 e. The number of hydrogen-bond acceptors (Lipinski definition) is 5. The number of ketones is 1. The van der Waals surface area contributed by atoms with Gasteiger partial charge in [-0.3, -0.25) is 10.2 Å². The van der Waals surface area contributed by atoms with Crippen LogP contribution in [0.5, 0.6) is 11.5 Å². The molecule has 0 aromatic heterocycles. The number of benzene rings is 3. The Bertz CT molecular complexity index is 1300. The lowest BCUT2D eigenvalue weighted by atomic mass is 9.67. The monoisotopic (exact) mass is 465 g/mol. The van der Waals surface area contributed by atoms with Crippen molar-refractivity contribution >= 4 is 22.9 Å². The summed E-state index contributed by atoms with van der Waals surface area (Å²) in [7, 11) is 0. The zero-order chi connectivity index (χ0) is 24.3. The van der Waals surface area contributed by atoms with E-state index in [2.05, 4.69) is 46.2 Å². The van der Waals surface area contributed by atoms with Crippen LogP contribution in [0, 0.1) is 12.3 Å². The number of carbonyl (C=O) groups is 1. The number of aryl methyl sites for hydroxylation is 1. The minimum Gasteiger partial charge on any atom is -0.457 e. The fourth-order valence-electron chi connectivity index (χ4n) is 5.79. The molecule has 0 unspecified atom stereocenters. The number of hydrogen-bond donors (Lipinski definition) is 1. The maximum absolute atomic E-state index is 13.4. The van der Waals surface area contributed by atoms with Crippen LogP contribution in [0.3, 0.4) is 0 Å². The summed E-state index contributed by atoms with van der Waals surface area (Å²) in [5.41, 5.74) is 5.77. The zero-order valence-electron chi connectivity index (χ0n) is 20.6. The summed E-state index contributed by atoms with van der Waals surface area (Å²) in [4.78, 5) is 18.1. The molecule has 0 radical (unpaired) electrons. The second-order valence-electron chi connectivity index (χ2n) is 9.65. The van der Waals surface area contributed by atoms with E-state index in [1.807, 2.05) is 39.0 Å². The molecule has 3 heterocycles. The van der Waals surface area contributed by atoms with Gasteiger partial charge in [0.1, 0.15) is 11.5 Å². The van der Waals surface area contributed by atoms with Crippen LogP contribution in [0.2, 0.25) is 0 Å². The van der Waals surface area contributed by atoms with Crippen molar-refractivity contribution in [1.29, 1.82) is 5.41 Å². The van der Waals surface area contributed by atoms with Crippen molar-refractivity contribution in [2.24, 2.45) is 0 Å². The van der Waals surface area contributed by atoms with Crippen LogP contribution in [0.15, 0.2) is 54.6 Å². The van der Waals surface area contributed by atoms with Gasteiger partial charge in [-0.1, -0.05) is 43.7 Å². The van der Waals surface area contributed by atoms with Gasteiger partial charge in [-0.15, -0.1) is 0 Å². The highest BCUT2D eigenvalue weighted by Crippen LogP contribution is 2.57. The van der Waals surface area contributed by atoms with Crippen LogP contribution in [-0.4, -0.2) is 37.7 Å². The van der Waals surface area contributed by atoms with Gasteiger partial charge >= 0.3 is 0 Å². The number of Topliss-reactive ketones (excluding diaryl/α,β-unsaturated/α-hetero) is 1. The third kappa shape index (κ3) is 2.94. The Morgan fingerprint density at radius 2 is 1.29 bits per heavy atom. The van der Waals surface area contributed by atoms with Crippen LogP contribution in [0.4, 0.5) is 11.4 Å². The Hall–Kier alpha value is -3.60. The molecule has 1 aliphatic carbocycles. The molecule has 1 N–H and O–H groups in total. The first-order valence-electron chi connectivity index (χ1n) is 12.8. The second-order valence-corrected chi connectivity index (χ2v) is 9.65. The van der Waals surface area contributed by atoms with E-state index in [4.69, 9.17) is 10.1 Å². The molecule has 0 saturated carbocycles. The minimum absolute atomic E-state index is 0.113. The molecule has 5 heteroatoms. The Kier molecular flexibility index (Phi) is 4.99. The van der Waals surface area contributed by atoms with Gasteiger partial charge < -0.3 is 14.5 Å². The summed E-state index contributed by atoms with van der Waals surface area (Å²) in [6.07, 6.45) is 2.41. The molecule has 3 aromatic rings. The Labute approximate surface area is 206 Å². The van der Waals surface area contributed by atoms with Crippen molar-refractivity contribution in [2.45, 2.75) is 39.0 Å². The standard InChI is InChI=1S/C28H25N3O2.C2H6/c1-17-4-7-21-20(14-17)26(32)27(29)28(21)22-8-5-18(30-10-2-11-30)15-24(22)33-25-16-19(6-9-23(25)28)31-12-3-13-31;1-2/h4-9,14-16,29H,2-3,10-13H2,1H3;1-2H3. The molecule has 1 spiro atoms. The molecular weight excluding hydrogens is 434 g/mol. The number of fused-ring (bicyclic) bond motifs is 6. The first-order valence-corrected chi connectivity index (χ1v) is 12.8. The molecule has 0 atom stereocenters. The molecule has 4 aliphatic rings. The van der Waals surface area contributed by atoms with E-state index in [1.54, 1.807) is 0 Å². The Morgan fingerprint density at radius 3 is 1.77 bits per heavy atom. The van der Waals surface area contributed by atoms with Gasteiger partial charge in [0.05, 0.1) is 11.1 Å². The molecule has 0 amide bonds. The van der Waals surface area contributed by atoms with E-state index in [0.29, 0.717) is 5.56 Å². The number of ether oxygens (including phenoxy) is 1. The average Bonchev–Trinajstić information content (AvgIpc) is 3.00. The highest BCUT2D eigenvalue weighted by atomic mass is 16.5. The fraction of sp³-hybridized carbons (Fsp3) is 0.333. The quantitative estimate of drug-likeness (QED) is 0.497. The number of rotatable bonds is 2.